The lowest BCUT2D eigenvalue weighted by Gasteiger charge is -2.37. The van der Waals surface area contributed by atoms with Crippen LogP contribution in [-0.2, 0) is 11.8 Å². The van der Waals surface area contributed by atoms with Crippen LogP contribution in [-0.4, -0.2) is 52.7 Å². The standard InChI is InChI=1S/C21H25N7O2/c1-27-6-4-16(27)12-30-18-11-25-28(2)20(18)13-3-5-24-15(7-13)9-19(23)26-21(29)17-8-14(17)10-22/h3,5,7,9,11,14,16-17,24H,4,6,8,12H2,1-2H3,(H2,23,26,29)/b15-9-/t14-,16-,17-/m1/s1. The predicted molar refractivity (Wildman–Crippen MR) is 111 cm³/mol. The molecule has 2 aliphatic heterocycles. The minimum Gasteiger partial charge on any atom is -0.488 e. The first-order valence-electron chi connectivity index (χ1n) is 9.97. The average molecular weight is 407 g/mol. The maximum absolute atomic E-state index is 12.0. The smallest absolute Gasteiger partial charge is 0.229 e. The van der Waals surface area contributed by atoms with Gasteiger partial charge >= 0.3 is 0 Å². The number of ether oxygens (including phenoxy) is 1. The van der Waals surface area contributed by atoms with Gasteiger partial charge in [-0.25, -0.2) is 0 Å². The normalized spacial score (nSPS) is 26.2. The van der Waals surface area contributed by atoms with E-state index in [1.807, 2.05) is 19.2 Å². The minimum atomic E-state index is -0.303. The number of allylic oxidation sites excluding steroid dienone is 3. The molecule has 30 heavy (non-hydrogen) atoms. The Kier molecular flexibility index (Phi) is 5.42. The lowest BCUT2D eigenvalue weighted by molar-refractivity contribution is -0.121. The van der Waals surface area contributed by atoms with Crippen molar-refractivity contribution in [1.82, 2.24) is 25.3 Å². The molecule has 0 radical (unpaired) electrons. The third-order valence-electron chi connectivity index (χ3n) is 5.72. The van der Waals surface area contributed by atoms with Gasteiger partial charge in [-0.15, -0.1) is 0 Å². The number of nitriles is 1. The van der Waals surface area contributed by atoms with Crippen molar-refractivity contribution in [3.8, 4) is 11.8 Å². The third-order valence-corrected chi connectivity index (χ3v) is 5.72. The predicted octanol–water partition coefficient (Wildman–Crippen LogP) is 1.14. The number of hydrogen-bond donors (Lipinski definition) is 3. The number of nitrogens with zero attached hydrogens (tertiary/aromatic N) is 4. The molecule has 0 spiro atoms. The second kappa shape index (κ2) is 8.16. The third kappa shape index (κ3) is 4.14. The molecule has 3 N–H and O–H groups in total. The van der Waals surface area contributed by atoms with Gasteiger partial charge in [-0.3, -0.25) is 19.8 Å². The van der Waals surface area contributed by atoms with Crippen molar-refractivity contribution in [3.63, 3.8) is 0 Å². The maximum Gasteiger partial charge on any atom is 0.229 e. The number of carbonyl (C=O) groups is 1. The number of nitrogens with one attached hydrogen (secondary N) is 3. The van der Waals surface area contributed by atoms with Crippen molar-refractivity contribution in [2.24, 2.45) is 18.9 Å². The fourth-order valence-electron chi connectivity index (χ4n) is 3.58. The van der Waals surface area contributed by atoms with Crippen LogP contribution in [0.25, 0.3) is 5.57 Å². The Hall–Kier alpha value is -3.38. The largest absolute Gasteiger partial charge is 0.488 e. The number of carbonyl (C=O) groups excluding carboxylic acids is 1. The fraction of sp³-hybridized carbons (Fsp3) is 0.429. The first-order valence-corrected chi connectivity index (χ1v) is 9.97. The Morgan fingerprint density at radius 3 is 3.03 bits per heavy atom. The number of likely N-dealkylation sites (tertiary alicyclic amines) is 1. The van der Waals surface area contributed by atoms with E-state index in [9.17, 15) is 4.79 Å². The van der Waals surface area contributed by atoms with Gasteiger partial charge in [0.15, 0.2) is 5.75 Å². The SMILES string of the molecule is CN1CC[C@@H]1COc1cnn(C)c1C1=C/C(=C/C(=N)NC(=O)[C@@H]2C[C@@H]2C#N)NC=C1. The summed E-state index contributed by atoms with van der Waals surface area (Å²) in [7, 11) is 3.95. The Morgan fingerprint density at radius 2 is 2.37 bits per heavy atom. The van der Waals surface area contributed by atoms with Gasteiger partial charge in [0.25, 0.3) is 0 Å². The molecule has 0 unspecified atom stereocenters. The van der Waals surface area contributed by atoms with Crippen LogP contribution in [0.4, 0.5) is 0 Å². The molecule has 3 atom stereocenters. The van der Waals surface area contributed by atoms with Gasteiger partial charge in [0.05, 0.1) is 24.1 Å². The van der Waals surface area contributed by atoms with E-state index in [-0.39, 0.29) is 23.6 Å². The summed E-state index contributed by atoms with van der Waals surface area (Å²) in [5, 5.41) is 26.9. The molecule has 9 nitrogen and oxygen atoms in total. The van der Waals surface area contributed by atoms with Crippen LogP contribution in [0.5, 0.6) is 5.75 Å². The van der Waals surface area contributed by atoms with Gasteiger partial charge in [-0.2, -0.15) is 10.4 Å². The fourth-order valence-corrected chi connectivity index (χ4v) is 3.58. The average Bonchev–Trinajstić information content (AvgIpc) is 3.43. The van der Waals surface area contributed by atoms with Gasteiger partial charge in [-0.05, 0) is 38.6 Å². The number of amides is 1. The van der Waals surface area contributed by atoms with E-state index in [2.05, 4.69) is 33.7 Å². The monoisotopic (exact) mass is 407 g/mol. The molecule has 1 amide bonds. The molecule has 2 fully saturated rings. The van der Waals surface area contributed by atoms with Gasteiger partial charge < -0.3 is 15.4 Å². The number of dihydropyridines is 1. The van der Waals surface area contributed by atoms with Crippen molar-refractivity contribution in [1.29, 1.82) is 10.7 Å². The summed E-state index contributed by atoms with van der Waals surface area (Å²) >= 11 is 0. The minimum absolute atomic E-state index is 0.0218. The summed E-state index contributed by atoms with van der Waals surface area (Å²) in [5.74, 6) is -0.109. The Labute approximate surface area is 175 Å². The quantitative estimate of drug-likeness (QED) is 0.481. The van der Waals surface area contributed by atoms with E-state index in [1.165, 1.54) is 0 Å². The van der Waals surface area contributed by atoms with Gasteiger partial charge in [-0.1, -0.05) is 0 Å². The van der Waals surface area contributed by atoms with Gasteiger partial charge in [0.1, 0.15) is 18.1 Å². The van der Waals surface area contributed by atoms with Crippen molar-refractivity contribution >= 4 is 17.3 Å². The molecular formula is C21H25N7O2. The molecule has 1 aliphatic carbocycles. The molecule has 1 saturated heterocycles. The lowest BCUT2D eigenvalue weighted by Crippen LogP contribution is -2.48. The number of aryl methyl sites for hydroxylation is 1. The first-order chi connectivity index (χ1) is 14.5. The number of amidine groups is 1. The summed E-state index contributed by atoms with van der Waals surface area (Å²) in [6.45, 7) is 1.72. The van der Waals surface area contributed by atoms with Crippen LogP contribution in [0.2, 0.25) is 0 Å². The zero-order valence-electron chi connectivity index (χ0n) is 17.1. The van der Waals surface area contributed by atoms with Gasteiger partial charge in [0, 0.05) is 36.6 Å². The van der Waals surface area contributed by atoms with Crippen molar-refractivity contribution in [2.45, 2.75) is 18.9 Å². The molecule has 1 aromatic rings. The molecule has 3 heterocycles. The number of hydrogen-bond acceptors (Lipinski definition) is 7. The summed E-state index contributed by atoms with van der Waals surface area (Å²) in [5.41, 5.74) is 2.41. The van der Waals surface area contributed by atoms with Crippen molar-refractivity contribution < 1.29 is 9.53 Å². The number of rotatable bonds is 6. The van der Waals surface area contributed by atoms with Crippen LogP contribution in [0.3, 0.4) is 0 Å². The topological polar surface area (TPSA) is 119 Å². The molecule has 3 aliphatic rings. The molecule has 4 rings (SSSR count). The zero-order valence-corrected chi connectivity index (χ0v) is 17.1. The van der Waals surface area contributed by atoms with Crippen LogP contribution in [0.1, 0.15) is 18.5 Å². The second-order valence-electron chi connectivity index (χ2n) is 7.87. The summed E-state index contributed by atoms with van der Waals surface area (Å²) < 4.78 is 7.81. The first kappa shape index (κ1) is 19.9. The molecular weight excluding hydrogens is 382 g/mol. The van der Waals surface area contributed by atoms with Gasteiger partial charge in [0.2, 0.25) is 5.91 Å². The molecule has 0 bridgehead atoms. The van der Waals surface area contributed by atoms with Crippen molar-refractivity contribution in [3.05, 3.63) is 42.0 Å². The van der Waals surface area contributed by atoms with Crippen LogP contribution < -0.4 is 15.4 Å². The van der Waals surface area contributed by atoms with Crippen LogP contribution in [0.15, 0.2) is 36.3 Å². The number of likely N-dealkylation sites (N-methyl/N-ethyl adjacent to an activating group) is 1. The molecule has 1 saturated carbocycles. The highest BCUT2D eigenvalue weighted by molar-refractivity contribution is 6.04. The Bertz CT molecular complexity index is 997. The van der Waals surface area contributed by atoms with E-state index in [4.69, 9.17) is 15.4 Å². The highest BCUT2D eigenvalue weighted by Gasteiger charge is 2.43. The molecule has 0 aromatic carbocycles. The Morgan fingerprint density at radius 1 is 1.53 bits per heavy atom. The zero-order chi connectivity index (χ0) is 21.3. The summed E-state index contributed by atoms with van der Waals surface area (Å²) in [6, 6.07) is 2.52. The second-order valence-corrected chi connectivity index (χ2v) is 7.87. The number of aromatic nitrogens is 2. The van der Waals surface area contributed by atoms with Crippen LogP contribution >= 0.6 is 0 Å². The molecule has 1 aromatic heterocycles. The molecule has 9 heteroatoms. The highest BCUT2D eigenvalue weighted by Crippen LogP contribution is 2.37. The van der Waals surface area contributed by atoms with E-state index >= 15 is 0 Å². The van der Waals surface area contributed by atoms with E-state index in [0.717, 1.165) is 30.0 Å². The maximum atomic E-state index is 12.0. The van der Waals surface area contributed by atoms with E-state index < -0.39 is 0 Å². The van der Waals surface area contributed by atoms with Crippen molar-refractivity contribution in [2.75, 3.05) is 20.2 Å². The van der Waals surface area contributed by atoms with E-state index in [0.29, 0.717) is 24.8 Å². The van der Waals surface area contributed by atoms with Crippen LogP contribution in [0, 0.1) is 28.6 Å². The lowest BCUT2D eigenvalue weighted by atomic mass is 10.1. The molecule has 156 valence electrons. The Balaban J connectivity index is 1.44. The van der Waals surface area contributed by atoms with E-state index in [1.54, 1.807) is 23.2 Å². The summed E-state index contributed by atoms with van der Waals surface area (Å²) in [6.07, 6.45) is 10.5. The highest BCUT2D eigenvalue weighted by atomic mass is 16.5. The summed E-state index contributed by atoms with van der Waals surface area (Å²) in [4.78, 5) is 14.3.